The first-order chi connectivity index (χ1) is 8.81. The topological polar surface area (TPSA) is 38.4 Å². The van der Waals surface area contributed by atoms with Crippen LogP contribution in [0.4, 0.5) is 0 Å². The molecule has 0 unspecified atom stereocenters. The summed E-state index contributed by atoms with van der Waals surface area (Å²) < 4.78 is 0. The van der Waals surface area contributed by atoms with E-state index in [9.17, 15) is 0 Å². The lowest BCUT2D eigenvalue weighted by Crippen LogP contribution is -2.07. The normalized spacial score (nSPS) is 11.9. The Bertz CT molecular complexity index is 544. The van der Waals surface area contributed by atoms with Crippen molar-refractivity contribution in [3.05, 3.63) is 48.0 Å². The zero-order valence-corrected chi connectivity index (χ0v) is 11.4. The standard InChI is InChI=1S/C15H18N2S/c1-2-10-17-15(16)18-11-13-8-5-7-12-6-3-4-9-14(12)13/h3-9H,2,10-11H2,1H3,(H2,16,17). The van der Waals surface area contributed by atoms with Crippen LogP contribution in [0.1, 0.15) is 18.9 Å². The number of rotatable bonds is 4. The maximum Gasteiger partial charge on any atom is 0.154 e. The number of aliphatic imine (C=N–C) groups is 1. The van der Waals surface area contributed by atoms with Gasteiger partial charge in [0.1, 0.15) is 0 Å². The minimum absolute atomic E-state index is 0.685. The van der Waals surface area contributed by atoms with Crippen LogP contribution in [0.25, 0.3) is 10.8 Å². The fourth-order valence-electron chi connectivity index (χ4n) is 1.84. The van der Waals surface area contributed by atoms with E-state index in [1.165, 1.54) is 16.3 Å². The quantitative estimate of drug-likeness (QED) is 0.669. The van der Waals surface area contributed by atoms with Crippen molar-refractivity contribution in [2.45, 2.75) is 19.1 Å². The highest BCUT2D eigenvalue weighted by atomic mass is 32.2. The third-order valence-corrected chi connectivity index (χ3v) is 3.63. The van der Waals surface area contributed by atoms with Gasteiger partial charge >= 0.3 is 0 Å². The first kappa shape index (κ1) is 13.0. The van der Waals surface area contributed by atoms with Crippen molar-refractivity contribution >= 4 is 27.7 Å². The fourth-order valence-corrected chi connectivity index (χ4v) is 2.58. The summed E-state index contributed by atoms with van der Waals surface area (Å²) in [6.45, 7) is 2.92. The predicted octanol–water partition coefficient (Wildman–Crippen LogP) is 3.80. The van der Waals surface area contributed by atoms with Crippen LogP contribution < -0.4 is 5.73 Å². The maximum atomic E-state index is 5.86. The zero-order chi connectivity index (χ0) is 12.8. The molecule has 0 radical (unpaired) electrons. The average Bonchev–Trinajstić information content (AvgIpc) is 2.42. The third-order valence-electron chi connectivity index (χ3n) is 2.75. The van der Waals surface area contributed by atoms with Gasteiger partial charge in [-0.1, -0.05) is 61.2 Å². The molecule has 2 aromatic carbocycles. The molecule has 0 amide bonds. The number of hydrogen-bond acceptors (Lipinski definition) is 2. The molecule has 0 bridgehead atoms. The summed E-state index contributed by atoms with van der Waals surface area (Å²) in [4.78, 5) is 4.30. The molecule has 0 aliphatic heterocycles. The summed E-state index contributed by atoms with van der Waals surface area (Å²) in [5, 5.41) is 3.26. The van der Waals surface area contributed by atoms with Gasteiger partial charge in [0.15, 0.2) is 5.17 Å². The average molecular weight is 258 g/mol. The molecule has 0 saturated heterocycles. The van der Waals surface area contributed by atoms with E-state index in [2.05, 4.69) is 54.4 Å². The summed E-state index contributed by atoms with van der Waals surface area (Å²) in [7, 11) is 0. The molecule has 94 valence electrons. The Morgan fingerprint density at radius 2 is 1.94 bits per heavy atom. The number of benzene rings is 2. The van der Waals surface area contributed by atoms with Crippen molar-refractivity contribution in [1.82, 2.24) is 0 Å². The van der Waals surface area contributed by atoms with Crippen molar-refractivity contribution in [2.75, 3.05) is 6.54 Å². The molecule has 0 saturated carbocycles. The molecular weight excluding hydrogens is 240 g/mol. The highest BCUT2D eigenvalue weighted by Crippen LogP contribution is 2.22. The van der Waals surface area contributed by atoms with Gasteiger partial charge in [-0.3, -0.25) is 4.99 Å². The lowest BCUT2D eigenvalue weighted by atomic mass is 10.1. The summed E-state index contributed by atoms with van der Waals surface area (Å²) in [5.74, 6) is 0.875. The molecule has 0 aromatic heterocycles. The third kappa shape index (κ3) is 3.26. The molecule has 0 atom stereocenters. The Morgan fingerprint density at radius 3 is 2.78 bits per heavy atom. The van der Waals surface area contributed by atoms with Crippen LogP contribution in [0.5, 0.6) is 0 Å². The van der Waals surface area contributed by atoms with Crippen molar-refractivity contribution in [3.8, 4) is 0 Å². The molecule has 18 heavy (non-hydrogen) atoms. The summed E-state index contributed by atoms with van der Waals surface area (Å²) in [6, 6.07) is 14.8. The van der Waals surface area contributed by atoms with Crippen LogP contribution in [0, 0.1) is 0 Å². The van der Waals surface area contributed by atoms with Gasteiger partial charge in [-0.05, 0) is 22.8 Å². The summed E-state index contributed by atoms with van der Waals surface area (Å²) in [6.07, 6.45) is 1.04. The Morgan fingerprint density at radius 1 is 1.17 bits per heavy atom. The smallest absolute Gasteiger partial charge is 0.154 e. The van der Waals surface area contributed by atoms with Gasteiger partial charge in [0.25, 0.3) is 0 Å². The Kier molecular flexibility index (Phi) is 4.65. The van der Waals surface area contributed by atoms with E-state index in [4.69, 9.17) is 5.73 Å². The van der Waals surface area contributed by atoms with Crippen LogP contribution >= 0.6 is 11.8 Å². The van der Waals surface area contributed by atoms with E-state index in [0.29, 0.717) is 5.17 Å². The lowest BCUT2D eigenvalue weighted by molar-refractivity contribution is 0.934. The van der Waals surface area contributed by atoms with Crippen LogP contribution in [0.15, 0.2) is 47.5 Å². The number of nitrogens with two attached hydrogens (primary N) is 1. The number of nitrogens with zero attached hydrogens (tertiary/aromatic N) is 1. The van der Waals surface area contributed by atoms with Gasteiger partial charge in [-0.2, -0.15) is 0 Å². The first-order valence-corrected chi connectivity index (χ1v) is 7.19. The SMILES string of the molecule is CCCN=C(N)SCc1cccc2ccccc12. The van der Waals surface area contributed by atoms with Crippen molar-refractivity contribution in [2.24, 2.45) is 10.7 Å². The molecule has 0 heterocycles. The minimum Gasteiger partial charge on any atom is -0.379 e. The number of amidine groups is 1. The van der Waals surface area contributed by atoms with E-state index >= 15 is 0 Å². The number of thioether (sulfide) groups is 1. The molecular formula is C15H18N2S. The molecule has 0 aliphatic rings. The number of fused-ring (bicyclic) bond motifs is 1. The van der Waals surface area contributed by atoms with E-state index in [0.717, 1.165) is 18.7 Å². The van der Waals surface area contributed by atoms with Gasteiger partial charge in [-0.25, -0.2) is 0 Å². The Hall–Kier alpha value is -1.48. The van der Waals surface area contributed by atoms with Crippen LogP contribution in [-0.2, 0) is 5.75 Å². The monoisotopic (exact) mass is 258 g/mol. The van der Waals surface area contributed by atoms with E-state index in [-0.39, 0.29) is 0 Å². The highest BCUT2D eigenvalue weighted by molar-refractivity contribution is 8.13. The van der Waals surface area contributed by atoms with Gasteiger partial charge in [0, 0.05) is 12.3 Å². The molecule has 2 N–H and O–H groups in total. The van der Waals surface area contributed by atoms with E-state index in [1.54, 1.807) is 11.8 Å². The second-order valence-electron chi connectivity index (χ2n) is 4.15. The fraction of sp³-hybridized carbons (Fsp3) is 0.267. The summed E-state index contributed by atoms with van der Waals surface area (Å²) >= 11 is 1.61. The molecule has 3 heteroatoms. The Balaban J connectivity index is 2.12. The van der Waals surface area contributed by atoms with Crippen LogP contribution in [0.2, 0.25) is 0 Å². The molecule has 0 fully saturated rings. The number of hydrogen-bond donors (Lipinski definition) is 1. The van der Waals surface area contributed by atoms with Crippen molar-refractivity contribution in [1.29, 1.82) is 0 Å². The van der Waals surface area contributed by atoms with Crippen LogP contribution in [-0.4, -0.2) is 11.7 Å². The maximum absolute atomic E-state index is 5.86. The lowest BCUT2D eigenvalue weighted by Gasteiger charge is -2.06. The van der Waals surface area contributed by atoms with Gasteiger partial charge in [0.05, 0.1) is 0 Å². The largest absolute Gasteiger partial charge is 0.379 e. The van der Waals surface area contributed by atoms with Crippen molar-refractivity contribution < 1.29 is 0 Å². The second kappa shape index (κ2) is 6.45. The first-order valence-electron chi connectivity index (χ1n) is 6.20. The molecule has 2 rings (SSSR count). The molecule has 0 spiro atoms. The van der Waals surface area contributed by atoms with Crippen LogP contribution in [0.3, 0.4) is 0 Å². The van der Waals surface area contributed by atoms with Gasteiger partial charge in [0.2, 0.25) is 0 Å². The van der Waals surface area contributed by atoms with E-state index in [1.807, 2.05) is 0 Å². The minimum atomic E-state index is 0.685. The molecule has 2 aromatic rings. The molecule has 2 nitrogen and oxygen atoms in total. The predicted molar refractivity (Wildman–Crippen MR) is 82.0 cm³/mol. The van der Waals surface area contributed by atoms with Gasteiger partial charge in [-0.15, -0.1) is 0 Å². The van der Waals surface area contributed by atoms with Crippen molar-refractivity contribution in [3.63, 3.8) is 0 Å². The highest BCUT2D eigenvalue weighted by Gasteiger charge is 2.01. The second-order valence-corrected chi connectivity index (χ2v) is 5.14. The van der Waals surface area contributed by atoms with E-state index < -0.39 is 0 Å². The Labute approximate surface area is 112 Å². The molecule has 0 aliphatic carbocycles. The summed E-state index contributed by atoms with van der Waals surface area (Å²) in [5.41, 5.74) is 7.18. The van der Waals surface area contributed by atoms with Gasteiger partial charge < -0.3 is 5.73 Å². The zero-order valence-electron chi connectivity index (χ0n) is 10.6.